The Hall–Kier alpha value is -1.48. The lowest BCUT2D eigenvalue weighted by Gasteiger charge is -2.14. The van der Waals surface area contributed by atoms with Crippen molar-refractivity contribution in [3.8, 4) is 5.75 Å². The van der Waals surface area contributed by atoms with E-state index < -0.39 is 0 Å². The number of aromatic nitrogens is 1. The maximum atomic E-state index is 9.67. The van der Waals surface area contributed by atoms with E-state index in [4.69, 9.17) is 0 Å². The first-order valence-electron chi connectivity index (χ1n) is 6.80. The van der Waals surface area contributed by atoms with E-state index in [1.165, 1.54) is 41.4 Å². The number of nitrogens with zero attached hydrogens (tertiary/aromatic N) is 1. The van der Waals surface area contributed by atoms with Crippen molar-refractivity contribution >= 4 is 10.9 Å². The maximum absolute atomic E-state index is 9.67. The molecular weight excluding hydrogens is 224 g/mol. The quantitative estimate of drug-likeness (QED) is 0.849. The molecule has 1 unspecified atom stereocenters. The van der Waals surface area contributed by atoms with Crippen molar-refractivity contribution in [2.45, 2.75) is 37.8 Å². The molecule has 4 rings (SSSR count). The first kappa shape index (κ1) is 10.4. The van der Waals surface area contributed by atoms with E-state index in [0.29, 0.717) is 11.8 Å². The number of nitrogens with one attached hydrogen (secondary N) is 1. The van der Waals surface area contributed by atoms with Crippen molar-refractivity contribution in [1.82, 2.24) is 9.88 Å². The number of phenols is 1. The summed E-state index contributed by atoms with van der Waals surface area (Å²) in [5, 5.41) is 14.6. The summed E-state index contributed by atoms with van der Waals surface area (Å²) < 4.78 is 2.30. The molecule has 1 atom stereocenters. The topological polar surface area (TPSA) is 37.2 Å². The van der Waals surface area contributed by atoms with Crippen LogP contribution in [-0.2, 0) is 13.5 Å². The average Bonchev–Trinajstić information content (AvgIpc) is 2.99. The molecule has 2 aromatic rings. The molecule has 94 valence electrons. The lowest BCUT2D eigenvalue weighted by Crippen LogP contribution is -2.23. The predicted molar refractivity (Wildman–Crippen MR) is 71.8 cm³/mol. The Kier molecular flexibility index (Phi) is 2.04. The minimum Gasteiger partial charge on any atom is -0.508 e. The summed E-state index contributed by atoms with van der Waals surface area (Å²) in [6.45, 7) is 0. The summed E-state index contributed by atoms with van der Waals surface area (Å²) >= 11 is 0. The van der Waals surface area contributed by atoms with Gasteiger partial charge in [0.1, 0.15) is 5.75 Å². The molecule has 1 heterocycles. The summed E-state index contributed by atoms with van der Waals surface area (Å²) in [7, 11) is 2.14. The molecule has 2 N–H and O–H groups in total. The van der Waals surface area contributed by atoms with E-state index in [0.717, 1.165) is 12.5 Å². The van der Waals surface area contributed by atoms with Gasteiger partial charge < -0.3 is 15.0 Å². The molecule has 0 bridgehead atoms. The first-order chi connectivity index (χ1) is 8.74. The van der Waals surface area contributed by atoms with Crippen LogP contribution in [0, 0.1) is 0 Å². The molecular formula is C15H18N2O. The van der Waals surface area contributed by atoms with Crippen molar-refractivity contribution in [2.24, 2.45) is 7.05 Å². The number of fused-ring (bicyclic) bond motifs is 3. The van der Waals surface area contributed by atoms with Crippen molar-refractivity contribution in [1.29, 1.82) is 0 Å². The molecule has 2 aliphatic carbocycles. The van der Waals surface area contributed by atoms with Crippen LogP contribution in [0.2, 0.25) is 0 Å². The van der Waals surface area contributed by atoms with Crippen LogP contribution in [-0.4, -0.2) is 15.7 Å². The van der Waals surface area contributed by atoms with Gasteiger partial charge in [-0.2, -0.15) is 0 Å². The molecule has 18 heavy (non-hydrogen) atoms. The number of rotatable bonds is 2. The third-order valence-corrected chi connectivity index (χ3v) is 4.36. The van der Waals surface area contributed by atoms with Gasteiger partial charge in [-0.05, 0) is 49.4 Å². The summed E-state index contributed by atoms with van der Waals surface area (Å²) in [6, 6.07) is 6.96. The Morgan fingerprint density at radius 1 is 1.28 bits per heavy atom. The Morgan fingerprint density at radius 3 is 2.89 bits per heavy atom. The Bertz CT molecular complexity index is 625. The molecule has 0 radical (unpaired) electrons. The largest absolute Gasteiger partial charge is 0.508 e. The second-order valence-electron chi connectivity index (χ2n) is 5.66. The van der Waals surface area contributed by atoms with Crippen molar-refractivity contribution in [2.75, 3.05) is 0 Å². The Labute approximate surface area is 106 Å². The lowest BCUT2D eigenvalue weighted by molar-refractivity contribution is 0.476. The minimum absolute atomic E-state index is 0.370. The van der Waals surface area contributed by atoms with Gasteiger partial charge >= 0.3 is 0 Å². The zero-order valence-electron chi connectivity index (χ0n) is 10.6. The predicted octanol–water partition coefficient (Wildman–Crippen LogP) is 2.62. The molecule has 1 aromatic carbocycles. The lowest BCUT2D eigenvalue weighted by atomic mass is 10.1. The van der Waals surface area contributed by atoms with E-state index in [1.54, 1.807) is 6.07 Å². The van der Waals surface area contributed by atoms with Crippen molar-refractivity contribution in [3.05, 3.63) is 29.5 Å². The molecule has 1 fully saturated rings. The summed E-state index contributed by atoms with van der Waals surface area (Å²) in [4.78, 5) is 0. The van der Waals surface area contributed by atoms with Crippen LogP contribution in [0.3, 0.4) is 0 Å². The molecule has 1 aromatic heterocycles. The highest BCUT2D eigenvalue weighted by Gasteiger charge is 2.33. The van der Waals surface area contributed by atoms with Crippen LogP contribution >= 0.6 is 0 Å². The van der Waals surface area contributed by atoms with Gasteiger partial charge in [0.25, 0.3) is 0 Å². The van der Waals surface area contributed by atoms with Crippen LogP contribution in [0.25, 0.3) is 10.9 Å². The minimum atomic E-state index is 0.370. The van der Waals surface area contributed by atoms with Gasteiger partial charge in [0.15, 0.2) is 0 Å². The standard InChI is InChI=1S/C15H18N2O/c1-17-14-7-4-10(18)8-12(14)11-5-6-13(15(11)17)16-9-2-3-9/h4,7-9,13,16,18H,2-3,5-6H2,1H3. The van der Waals surface area contributed by atoms with E-state index in [1.807, 2.05) is 12.1 Å². The van der Waals surface area contributed by atoms with E-state index in [9.17, 15) is 5.11 Å². The monoisotopic (exact) mass is 242 g/mol. The third kappa shape index (κ3) is 1.40. The Morgan fingerprint density at radius 2 is 2.11 bits per heavy atom. The fourth-order valence-electron chi connectivity index (χ4n) is 3.36. The Balaban J connectivity index is 1.87. The van der Waals surface area contributed by atoms with Crippen molar-refractivity contribution in [3.63, 3.8) is 0 Å². The number of hydrogen-bond acceptors (Lipinski definition) is 2. The highest BCUT2D eigenvalue weighted by Crippen LogP contribution is 2.40. The molecule has 0 saturated heterocycles. The number of aromatic hydroxyl groups is 1. The highest BCUT2D eigenvalue weighted by molar-refractivity contribution is 5.87. The summed E-state index contributed by atoms with van der Waals surface area (Å²) in [5.41, 5.74) is 4.10. The summed E-state index contributed by atoms with van der Waals surface area (Å²) in [6.07, 6.45) is 4.98. The van der Waals surface area contributed by atoms with Crippen LogP contribution in [0.15, 0.2) is 18.2 Å². The van der Waals surface area contributed by atoms with Crippen LogP contribution in [0.5, 0.6) is 5.75 Å². The summed E-state index contributed by atoms with van der Waals surface area (Å²) in [5.74, 6) is 0.370. The zero-order chi connectivity index (χ0) is 12.3. The van der Waals surface area contributed by atoms with Gasteiger partial charge in [-0.3, -0.25) is 0 Å². The SMILES string of the molecule is Cn1c2c(c3cc(O)ccc31)CCC2NC1CC1. The van der Waals surface area contributed by atoms with Gasteiger partial charge in [0.05, 0.1) is 0 Å². The number of aryl methyl sites for hydroxylation is 2. The zero-order valence-corrected chi connectivity index (χ0v) is 10.6. The van der Waals surface area contributed by atoms with Crippen LogP contribution in [0.1, 0.15) is 36.6 Å². The molecule has 3 heteroatoms. The maximum Gasteiger partial charge on any atom is 0.116 e. The molecule has 3 nitrogen and oxygen atoms in total. The van der Waals surface area contributed by atoms with Gasteiger partial charge in [-0.1, -0.05) is 0 Å². The highest BCUT2D eigenvalue weighted by atomic mass is 16.3. The van der Waals surface area contributed by atoms with E-state index in [-0.39, 0.29) is 0 Å². The number of hydrogen-bond donors (Lipinski definition) is 2. The van der Waals surface area contributed by atoms with Gasteiger partial charge in [0.2, 0.25) is 0 Å². The average molecular weight is 242 g/mol. The molecule has 1 saturated carbocycles. The molecule has 0 amide bonds. The van der Waals surface area contributed by atoms with Gasteiger partial charge in [-0.15, -0.1) is 0 Å². The third-order valence-electron chi connectivity index (χ3n) is 4.36. The molecule has 0 aliphatic heterocycles. The number of phenolic OH excluding ortho intramolecular Hbond substituents is 1. The smallest absolute Gasteiger partial charge is 0.116 e. The van der Waals surface area contributed by atoms with E-state index >= 15 is 0 Å². The first-order valence-corrected chi connectivity index (χ1v) is 6.80. The molecule has 2 aliphatic rings. The van der Waals surface area contributed by atoms with Gasteiger partial charge in [0, 0.05) is 35.7 Å². The second-order valence-corrected chi connectivity index (χ2v) is 5.66. The van der Waals surface area contributed by atoms with Gasteiger partial charge in [-0.25, -0.2) is 0 Å². The van der Waals surface area contributed by atoms with Crippen LogP contribution in [0.4, 0.5) is 0 Å². The fourth-order valence-corrected chi connectivity index (χ4v) is 3.36. The number of benzene rings is 1. The second kappa shape index (κ2) is 3.51. The van der Waals surface area contributed by atoms with Crippen LogP contribution < -0.4 is 5.32 Å². The van der Waals surface area contributed by atoms with Crippen molar-refractivity contribution < 1.29 is 5.11 Å². The normalized spacial score (nSPS) is 22.6. The fraction of sp³-hybridized carbons (Fsp3) is 0.467. The van der Waals surface area contributed by atoms with E-state index in [2.05, 4.69) is 16.9 Å². The molecule has 0 spiro atoms.